The average molecular weight is 708 g/mol. The first kappa shape index (κ1) is 33.1. The second kappa shape index (κ2) is 14.4. The maximum absolute atomic E-state index is 5.01. The van der Waals surface area contributed by atoms with Gasteiger partial charge in [0.15, 0.2) is 17.5 Å². The molecule has 10 rings (SSSR count). The molecule has 0 atom stereocenters. The Kier molecular flexibility index (Phi) is 8.69. The summed E-state index contributed by atoms with van der Waals surface area (Å²) >= 11 is 0. The average Bonchev–Trinajstić information content (AvgIpc) is 3.67. The first-order valence-corrected chi connectivity index (χ1v) is 19.6. The molecule has 1 heterocycles. The maximum atomic E-state index is 5.01. The van der Waals surface area contributed by atoms with E-state index in [1.54, 1.807) is 5.56 Å². The third kappa shape index (κ3) is 6.46. The van der Waals surface area contributed by atoms with Gasteiger partial charge in [0.2, 0.25) is 0 Å². The Labute approximate surface area is 323 Å². The Morgan fingerprint density at radius 2 is 0.782 bits per heavy atom. The zero-order valence-corrected chi connectivity index (χ0v) is 30.8. The third-order valence-electron chi connectivity index (χ3n) is 11.8. The largest absolute Gasteiger partial charge is 0.208 e. The van der Waals surface area contributed by atoms with E-state index in [1.807, 2.05) is 36.4 Å². The molecular formula is C52H41N3. The van der Waals surface area contributed by atoms with Crippen LogP contribution >= 0.6 is 0 Å². The molecule has 264 valence electrons. The third-order valence-corrected chi connectivity index (χ3v) is 11.8. The van der Waals surface area contributed by atoms with Gasteiger partial charge in [0.25, 0.3) is 0 Å². The summed E-state index contributed by atoms with van der Waals surface area (Å²) in [6, 6.07) is 63.1. The molecule has 1 saturated carbocycles. The molecular weight excluding hydrogens is 667 g/mol. The van der Waals surface area contributed by atoms with Crippen molar-refractivity contribution >= 4 is 0 Å². The highest BCUT2D eigenvalue weighted by molar-refractivity contribution is 5.86. The van der Waals surface area contributed by atoms with Gasteiger partial charge in [0, 0.05) is 16.7 Å². The van der Waals surface area contributed by atoms with Crippen LogP contribution in [0.15, 0.2) is 176 Å². The van der Waals surface area contributed by atoms with Crippen LogP contribution in [0.25, 0.3) is 67.5 Å². The van der Waals surface area contributed by atoms with E-state index >= 15 is 0 Å². The molecule has 0 amide bonds. The first-order chi connectivity index (χ1) is 27.2. The molecule has 3 heteroatoms. The van der Waals surface area contributed by atoms with Crippen molar-refractivity contribution in [3.05, 3.63) is 198 Å². The Balaban J connectivity index is 0.888. The minimum atomic E-state index is 0.514. The zero-order valence-electron chi connectivity index (χ0n) is 30.8. The lowest BCUT2D eigenvalue weighted by molar-refractivity contribution is 0.395. The van der Waals surface area contributed by atoms with Gasteiger partial charge in [0.1, 0.15) is 0 Å². The molecule has 1 aromatic heterocycles. The highest BCUT2D eigenvalue weighted by Crippen LogP contribution is 2.48. The standard InChI is InChI=1S/C52H41N3/c1-4-13-35(14-5-1)36-25-29-38(30-26-36)44-21-11-23-46-47-24-12-22-45(49(47)34-48(44)46)39-31-27-37(28-32-39)42-19-10-20-43(33-42)52-54-50(40-15-6-2-7-16-40)53-51(55-52)41-17-8-3-9-18-41/h1-26,29-30,33,37,39H,27-28,31-32,34H2. The number of nitrogens with zero attached hydrogens (tertiary/aromatic N) is 3. The lowest BCUT2D eigenvalue weighted by atomic mass is 9.74. The van der Waals surface area contributed by atoms with Crippen molar-refractivity contribution in [1.82, 2.24) is 15.0 Å². The Bertz CT molecular complexity index is 2550. The van der Waals surface area contributed by atoms with Crippen LogP contribution in [0, 0.1) is 0 Å². The van der Waals surface area contributed by atoms with E-state index in [-0.39, 0.29) is 0 Å². The minimum absolute atomic E-state index is 0.514. The summed E-state index contributed by atoms with van der Waals surface area (Å²) in [5, 5.41) is 0. The molecule has 0 bridgehead atoms. The SMILES string of the molecule is c1ccc(-c2ccc(-c3cccc4c3Cc3c-4cccc3C3CCC(c4cccc(-c5nc(-c6ccccc6)nc(-c6ccccc6)n5)c4)CC3)cc2)cc1. The van der Waals surface area contributed by atoms with Crippen LogP contribution in [0.1, 0.15) is 59.8 Å². The number of benzene rings is 7. The second-order valence-electron chi connectivity index (χ2n) is 15.0. The summed E-state index contributed by atoms with van der Waals surface area (Å²) in [6.07, 6.45) is 5.73. The molecule has 7 aromatic carbocycles. The lowest BCUT2D eigenvalue weighted by Gasteiger charge is -2.30. The molecule has 0 aliphatic heterocycles. The van der Waals surface area contributed by atoms with E-state index in [0.29, 0.717) is 29.3 Å². The van der Waals surface area contributed by atoms with E-state index in [0.717, 1.165) is 23.1 Å². The van der Waals surface area contributed by atoms with Crippen LogP contribution in [0.3, 0.4) is 0 Å². The number of hydrogen-bond acceptors (Lipinski definition) is 3. The number of hydrogen-bond donors (Lipinski definition) is 0. The summed E-state index contributed by atoms with van der Waals surface area (Å²) in [5.74, 6) is 3.19. The van der Waals surface area contributed by atoms with E-state index in [2.05, 4.69) is 140 Å². The van der Waals surface area contributed by atoms with Gasteiger partial charge in [-0.25, -0.2) is 15.0 Å². The van der Waals surface area contributed by atoms with Crippen molar-refractivity contribution in [2.75, 3.05) is 0 Å². The summed E-state index contributed by atoms with van der Waals surface area (Å²) in [6.45, 7) is 0. The quantitative estimate of drug-likeness (QED) is 0.166. The van der Waals surface area contributed by atoms with E-state index in [1.165, 1.54) is 75.8 Å². The summed E-state index contributed by atoms with van der Waals surface area (Å²) in [7, 11) is 0. The van der Waals surface area contributed by atoms with Crippen molar-refractivity contribution in [2.45, 2.75) is 43.9 Å². The fourth-order valence-corrected chi connectivity index (χ4v) is 8.99. The van der Waals surface area contributed by atoms with Crippen LogP contribution in [0.4, 0.5) is 0 Å². The van der Waals surface area contributed by atoms with Crippen molar-refractivity contribution < 1.29 is 0 Å². The van der Waals surface area contributed by atoms with Gasteiger partial charge >= 0.3 is 0 Å². The van der Waals surface area contributed by atoms with Crippen molar-refractivity contribution in [1.29, 1.82) is 0 Å². The van der Waals surface area contributed by atoms with Crippen LogP contribution in [0.5, 0.6) is 0 Å². The smallest absolute Gasteiger partial charge is 0.164 e. The fraction of sp³-hybridized carbons (Fsp3) is 0.135. The van der Waals surface area contributed by atoms with Gasteiger partial charge in [-0.15, -0.1) is 0 Å². The van der Waals surface area contributed by atoms with Gasteiger partial charge < -0.3 is 0 Å². The second-order valence-corrected chi connectivity index (χ2v) is 15.0. The molecule has 55 heavy (non-hydrogen) atoms. The van der Waals surface area contributed by atoms with Gasteiger partial charge in [-0.05, 0) is 106 Å². The Morgan fingerprint density at radius 1 is 0.327 bits per heavy atom. The molecule has 2 aliphatic carbocycles. The van der Waals surface area contributed by atoms with E-state index in [9.17, 15) is 0 Å². The number of fused-ring (bicyclic) bond motifs is 3. The van der Waals surface area contributed by atoms with Gasteiger partial charge in [-0.1, -0.05) is 170 Å². The molecule has 0 N–H and O–H groups in total. The van der Waals surface area contributed by atoms with Crippen LogP contribution in [-0.4, -0.2) is 15.0 Å². The van der Waals surface area contributed by atoms with Crippen LogP contribution in [0.2, 0.25) is 0 Å². The van der Waals surface area contributed by atoms with Gasteiger partial charge in [0.05, 0.1) is 0 Å². The van der Waals surface area contributed by atoms with Gasteiger partial charge in [-0.3, -0.25) is 0 Å². The zero-order chi connectivity index (χ0) is 36.6. The van der Waals surface area contributed by atoms with Crippen LogP contribution < -0.4 is 0 Å². The maximum Gasteiger partial charge on any atom is 0.164 e. The van der Waals surface area contributed by atoms with Crippen molar-refractivity contribution in [2.24, 2.45) is 0 Å². The van der Waals surface area contributed by atoms with E-state index in [4.69, 9.17) is 15.0 Å². The summed E-state index contributed by atoms with van der Waals surface area (Å²) < 4.78 is 0. The molecule has 0 saturated heterocycles. The Morgan fingerprint density at radius 3 is 1.42 bits per heavy atom. The summed E-state index contributed by atoms with van der Waals surface area (Å²) in [5.41, 5.74) is 16.9. The molecule has 1 fully saturated rings. The lowest BCUT2D eigenvalue weighted by Crippen LogP contribution is -2.13. The normalized spacial score (nSPS) is 16.0. The highest BCUT2D eigenvalue weighted by Gasteiger charge is 2.30. The van der Waals surface area contributed by atoms with Crippen molar-refractivity contribution in [3.8, 4) is 67.5 Å². The molecule has 8 aromatic rings. The van der Waals surface area contributed by atoms with Gasteiger partial charge in [-0.2, -0.15) is 0 Å². The Hall–Kier alpha value is -6.45. The molecule has 3 nitrogen and oxygen atoms in total. The first-order valence-electron chi connectivity index (χ1n) is 19.6. The summed E-state index contributed by atoms with van der Waals surface area (Å²) in [4.78, 5) is 14.9. The number of aromatic nitrogens is 3. The molecule has 2 aliphatic rings. The minimum Gasteiger partial charge on any atom is -0.208 e. The topological polar surface area (TPSA) is 38.7 Å². The monoisotopic (exact) mass is 707 g/mol. The predicted molar refractivity (Wildman–Crippen MR) is 226 cm³/mol. The fourth-order valence-electron chi connectivity index (χ4n) is 8.99. The molecule has 0 unspecified atom stereocenters. The van der Waals surface area contributed by atoms with E-state index < -0.39 is 0 Å². The highest BCUT2D eigenvalue weighted by atomic mass is 15.0. The molecule has 0 radical (unpaired) electrons. The number of rotatable bonds is 7. The predicted octanol–water partition coefficient (Wildman–Crippen LogP) is 13.2. The molecule has 0 spiro atoms. The van der Waals surface area contributed by atoms with Crippen molar-refractivity contribution in [3.63, 3.8) is 0 Å². The van der Waals surface area contributed by atoms with Crippen LogP contribution in [-0.2, 0) is 6.42 Å².